The molecule has 28 heavy (non-hydrogen) atoms. The largest absolute Gasteiger partial charge is 0.378 e. The second-order valence-electron chi connectivity index (χ2n) is 6.82. The van der Waals surface area contributed by atoms with Gasteiger partial charge in [0.2, 0.25) is 0 Å². The van der Waals surface area contributed by atoms with Gasteiger partial charge in [0.05, 0.1) is 13.2 Å². The first-order chi connectivity index (χ1) is 13.7. The van der Waals surface area contributed by atoms with E-state index >= 15 is 0 Å². The Bertz CT molecular complexity index is 1040. The molecule has 0 amide bonds. The summed E-state index contributed by atoms with van der Waals surface area (Å²) in [7, 11) is 0. The number of aromatic nitrogens is 1. The van der Waals surface area contributed by atoms with Crippen LogP contribution in [-0.2, 0) is 4.74 Å². The Balaban J connectivity index is 1.61. The summed E-state index contributed by atoms with van der Waals surface area (Å²) < 4.78 is 5.44. The lowest BCUT2D eigenvalue weighted by molar-refractivity contribution is 0.122. The van der Waals surface area contributed by atoms with Crippen molar-refractivity contribution < 1.29 is 4.74 Å². The number of H-pyrrole nitrogens is 1. The van der Waals surface area contributed by atoms with Crippen LogP contribution in [0.2, 0.25) is 0 Å². The molecule has 2 N–H and O–H groups in total. The van der Waals surface area contributed by atoms with E-state index < -0.39 is 0 Å². The lowest BCUT2D eigenvalue weighted by Crippen LogP contribution is -2.36. The van der Waals surface area contributed by atoms with E-state index in [-0.39, 0.29) is 0 Å². The Labute approximate surface area is 169 Å². The number of hydrogen-bond donors (Lipinski definition) is 2. The minimum atomic E-state index is 0.801. The van der Waals surface area contributed by atoms with Gasteiger partial charge in [0.15, 0.2) is 0 Å². The molecule has 1 aliphatic rings. The molecule has 0 aliphatic carbocycles. The lowest BCUT2D eigenvalue weighted by atomic mass is 10.2. The average Bonchev–Trinajstić information content (AvgIpc) is 3.39. The molecular weight excluding hydrogens is 366 g/mol. The van der Waals surface area contributed by atoms with Crippen molar-refractivity contribution in [3.8, 4) is 11.3 Å². The van der Waals surface area contributed by atoms with Gasteiger partial charge < -0.3 is 19.9 Å². The molecule has 0 bridgehead atoms. The molecule has 0 atom stereocenters. The molecule has 0 saturated carbocycles. The number of benzene rings is 1. The number of ether oxygens (including phenoxy) is 1. The smallest absolute Gasteiger partial charge is 0.0642 e. The van der Waals surface area contributed by atoms with Crippen LogP contribution >= 0.6 is 11.3 Å². The van der Waals surface area contributed by atoms with Crippen molar-refractivity contribution in [3.63, 3.8) is 0 Å². The number of aromatic amines is 1. The van der Waals surface area contributed by atoms with Gasteiger partial charge in [-0.2, -0.15) is 11.3 Å². The van der Waals surface area contributed by atoms with Crippen LogP contribution in [0.4, 0.5) is 11.4 Å². The molecule has 1 aliphatic heterocycles. The van der Waals surface area contributed by atoms with Gasteiger partial charge in [-0.05, 0) is 54.8 Å². The summed E-state index contributed by atoms with van der Waals surface area (Å²) in [5, 5.41) is 10.0. The first kappa shape index (κ1) is 18.6. The van der Waals surface area contributed by atoms with Gasteiger partial charge in [-0.1, -0.05) is 12.7 Å². The standard InChI is InChI=1S/C23H25N3OS/c1-3-4-22-21(15-23(25-22)18-9-14-28-16-18)17(2)24-19-5-7-20(8-6-19)26-10-12-27-13-11-26/h3-9,14-16,24-25H,1,10-13H2,2H3/b21-17+,22-4+. The fraction of sp³-hybridized carbons (Fsp3) is 0.217. The van der Waals surface area contributed by atoms with Crippen LogP contribution < -0.4 is 20.8 Å². The molecule has 2 aromatic heterocycles. The number of thiophene rings is 1. The first-order valence-corrected chi connectivity index (χ1v) is 10.4. The van der Waals surface area contributed by atoms with Gasteiger partial charge >= 0.3 is 0 Å². The summed E-state index contributed by atoms with van der Waals surface area (Å²) >= 11 is 1.70. The SMILES string of the molecule is C=C/C=c1/[nH]c(-c2ccsc2)c/c1=C(/C)Nc1ccc(N2CCOCC2)cc1. The number of nitrogens with one attached hydrogen (secondary N) is 2. The van der Waals surface area contributed by atoms with E-state index in [0.717, 1.165) is 53.9 Å². The van der Waals surface area contributed by atoms with Crippen LogP contribution in [0.1, 0.15) is 6.92 Å². The third-order valence-corrected chi connectivity index (χ3v) is 5.63. The second-order valence-corrected chi connectivity index (χ2v) is 7.60. The Morgan fingerprint density at radius 3 is 2.68 bits per heavy atom. The Morgan fingerprint density at radius 2 is 2.00 bits per heavy atom. The van der Waals surface area contributed by atoms with E-state index in [4.69, 9.17) is 4.74 Å². The van der Waals surface area contributed by atoms with Crippen molar-refractivity contribution in [3.05, 3.63) is 70.4 Å². The van der Waals surface area contributed by atoms with Gasteiger partial charge in [0.25, 0.3) is 0 Å². The van der Waals surface area contributed by atoms with Gasteiger partial charge in [-0.3, -0.25) is 0 Å². The summed E-state index contributed by atoms with van der Waals surface area (Å²) in [4.78, 5) is 5.87. The van der Waals surface area contributed by atoms with Crippen molar-refractivity contribution in [2.75, 3.05) is 36.5 Å². The predicted octanol–water partition coefficient (Wildman–Crippen LogP) is 3.79. The molecule has 4 rings (SSSR count). The third kappa shape index (κ3) is 4.06. The number of rotatable bonds is 5. The molecule has 3 heterocycles. The van der Waals surface area contributed by atoms with Crippen molar-refractivity contribution in [1.29, 1.82) is 0 Å². The van der Waals surface area contributed by atoms with Crippen LogP contribution in [0.5, 0.6) is 0 Å². The molecule has 0 spiro atoms. The first-order valence-electron chi connectivity index (χ1n) is 9.49. The highest BCUT2D eigenvalue weighted by Gasteiger charge is 2.11. The summed E-state index contributed by atoms with van der Waals surface area (Å²) in [6.07, 6.45) is 3.83. The number of anilines is 2. The van der Waals surface area contributed by atoms with Crippen LogP contribution in [-0.4, -0.2) is 31.3 Å². The van der Waals surface area contributed by atoms with Gasteiger partial charge in [0, 0.05) is 57.4 Å². The Morgan fingerprint density at radius 1 is 1.21 bits per heavy atom. The quantitative estimate of drug-likeness (QED) is 0.695. The molecule has 1 fully saturated rings. The fourth-order valence-corrected chi connectivity index (χ4v) is 4.12. The topological polar surface area (TPSA) is 40.3 Å². The van der Waals surface area contributed by atoms with Gasteiger partial charge in [-0.15, -0.1) is 0 Å². The van der Waals surface area contributed by atoms with Crippen molar-refractivity contribution in [2.45, 2.75) is 6.92 Å². The number of morpholine rings is 1. The third-order valence-electron chi connectivity index (χ3n) is 4.94. The Hall–Kier alpha value is -2.76. The monoisotopic (exact) mass is 391 g/mol. The van der Waals surface area contributed by atoms with Gasteiger partial charge in [-0.25, -0.2) is 0 Å². The van der Waals surface area contributed by atoms with Crippen molar-refractivity contribution >= 4 is 34.5 Å². The van der Waals surface area contributed by atoms with Gasteiger partial charge in [0.1, 0.15) is 0 Å². The van der Waals surface area contributed by atoms with E-state index in [1.807, 2.05) is 12.2 Å². The maximum absolute atomic E-state index is 5.44. The maximum Gasteiger partial charge on any atom is 0.0642 e. The minimum Gasteiger partial charge on any atom is -0.378 e. The summed E-state index contributed by atoms with van der Waals surface area (Å²) in [6, 6.07) is 12.9. The highest BCUT2D eigenvalue weighted by atomic mass is 32.1. The summed E-state index contributed by atoms with van der Waals surface area (Å²) in [5.74, 6) is 0. The number of allylic oxidation sites excluding steroid dienone is 1. The molecule has 1 saturated heterocycles. The zero-order chi connectivity index (χ0) is 19.3. The average molecular weight is 392 g/mol. The number of hydrogen-bond acceptors (Lipinski definition) is 4. The second kappa shape index (κ2) is 8.50. The fourth-order valence-electron chi connectivity index (χ4n) is 3.46. The van der Waals surface area contributed by atoms with E-state index in [2.05, 4.69) is 75.9 Å². The van der Waals surface area contributed by atoms with Crippen LogP contribution in [0.25, 0.3) is 23.0 Å². The van der Waals surface area contributed by atoms with E-state index in [0.29, 0.717) is 0 Å². The molecule has 4 nitrogen and oxygen atoms in total. The molecule has 1 aromatic carbocycles. The molecule has 5 heteroatoms. The molecule has 3 aromatic rings. The summed E-state index contributed by atoms with van der Waals surface area (Å²) in [5.41, 5.74) is 5.75. The van der Waals surface area contributed by atoms with Crippen molar-refractivity contribution in [2.24, 2.45) is 0 Å². The zero-order valence-electron chi connectivity index (χ0n) is 16.1. The lowest BCUT2D eigenvalue weighted by Gasteiger charge is -2.29. The van der Waals surface area contributed by atoms with Crippen molar-refractivity contribution in [1.82, 2.24) is 4.98 Å². The number of nitrogens with zero attached hydrogens (tertiary/aromatic N) is 1. The molecule has 144 valence electrons. The van der Waals surface area contributed by atoms with E-state index in [1.165, 1.54) is 11.3 Å². The van der Waals surface area contributed by atoms with Crippen LogP contribution in [0, 0.1) is 0 Å². The predicted molar refractivity (Wildman–Crippen MR) is 120 cm³/mol. The zero-order valence-corrected chi connectivity index (χ0v) is 16.9. The normalized spacial score (nSPS) is 16.2. The van der Waals surface area contributed by atoms with Crippen LogP contribution in [0.3, 0.4) is 0 Å². The molecular formula is C23H25N3OS. The minimum absolute atomic E-state index is 0.801. The highest BCUT2D eigenvalue weighted by Crippen LogP contribution is 2.20. The molecule has 0 radical (unpaired) electrons. The van der Waals surface area contributed by atoms with E-state index in [9.17, 15) is 0 Å². The molecule has 0 unspecified atom stereocenters. The highest BCUT2D eigenvalue weighted by molar-refractivity contribution is 7.08. The van der Waals surface area contributed by atoms with E-state index in [1.54, 1.807) is 11.3 Å². The maximum atomic E-state index is 5.44. The Kier molecular flexibility index (Phi) is 5.65. The summed E-state index contributed by atoms with van der Waals surface area (Å²) in [6.45, 7) is 9.46. The van der Waals surface area contributed by atoms with Crippen LogP contribution in [0.15, 0.2) is 59.8 Å².